The Morgan fingerprint density at radius 2 is 2.26 bits per heavy atom. The molecule has 1 aliphatic heterocycles. The SMILES string of the molecule is CCN1CCN(c2ncccc2C(C)NC)CC1C. The van der Waals surface area contributed by atoms with E-state index in [4.69, 9.17) is 0 Å². The van der Waals surface area contributed by atoms with E-state index >= 15 is 0 Å². The predicted molar refractivity (Wildman–Crippen MR) is 80.6 cm³/mol. The Hall–Kier alpha value is -1.13. The van der Waals surface area contributed by atoms with Crippen molar-refractivity contribution >= 4 is 5.82 Å². The fourth-order valence-corrected chi connectivity index (χ4v) is 2.82. The number of hydrogen-bond donors (Lipinski definition) is 1. The number of aromatic nitrogens is 1. The highest BCUT2D eigenvalue weighted by Crippen LogP contribution is 2.25. The van der Waals surface area contributed by atoms with Crippen molar-refractivity contribution in [3.63, 3.8) is 0 Å². The summed E-state index contributed by atoms with van der Waals surface area (Å²) in [5.74, 6) is 1.15. The zero-order valence-corrected chi connectivity index (χ0v) is 12.6. The summed E-state index contributed by atoms with van der Waals surface area (Å²) in [6.45, 7) is 11.1. The van der Waals surface area contributed by atoms with Crippen LogP contribution in [0.1, 0.15) is 32.4 Å². The first-order valence-corrected chi connectivity index (χ1v) is 7.28. The van der Waals surface area contributed by atoms with E-state index in [1.807, 2.05) is 19.3 Å². The molecule has 0 spiro atoms. The van der Waals surface area contributed by atoms with Crippen molar-refractivity contribution in [3.05, 3.63) is 23.9 Å². The third kappa shape index (κ3) is 3.07. The molecule has 19 heavy (non-hydrogen) atoms. The molecule has 0 aliphatic carbocycles. The van der Waals surface area contributed by atoms with E-state index < -0.39 is 0 Å². The van der Waals surface area contributed by atoms with Crippen LogP contribution in [-0.2, 0) is 0 Å². The fraction of sp³-hybridized carbons (Fsp3) is 0.667. The second-order valence-electron chi connectivity index (χ2n) is 5.35. The molecule has 0 amide bonds. The van der Waals surface area contributed by atoms with Crippen LogP contribution in [0.3, 0.4) is 0 Å². The van der Waals surface area contributed by atoms with Gasteiger partial charge in [0, 0.05) is 43.5 Å². The van der Waals surface area contributed by atoms with Crippen LogP contribution < -0.4 is 10.2 Å². The molecule has 0 saturated carbocycles. The zero-order chi connectivity index (χ0) is 13.8. The van der Waals surface area contributed by atoms with Crippen molar-refractivity contribution in [3.8, 4) is 0 Å². The van der Waals surface area contributed by atoms with Gasteiger partial charge in [-0.15, -0.1) is 0 Å². The first-order chi connectivity index (χ1) is 9.17. The van der Waals surface area contributed by atoms with E-state index in [9.17, 15) is 0 Å². The van der Waals surface area contributed by atoms with Crippen molar-refractivity contribution in [2.45, 2.75) is 32.9 Å². The highest BCUT2D eigenvalue weighted by atomic mass is 15.3. The van der Waals surface area contributed by atoms with Gasteiger partial charge in [-0.2, -0.15) is 0 Å². The topological polar surface area (TPSA) is 31.4 Å². The number of nitrogens with one attached hydrogen (secondary N) is 1. The molecule has 4 nitrogen and oxygen atoms in total. The molecule has 1 aromatic rings. The van der Waals surface area contributed by atoms with Gasteiger partial charge in [0.15, 0.2) is 0 Å². The lowest BCUT2D eigenvalue weighted by molar-refractivity contribution is 0.199. The second-order valence-corrected chi connectivity index (χ2v) is 5.35. The van der Waals surface area contributed by atoms with Gasteiger partial charge in [-0.05, 0) is 33.5 Å². The number of piperazine rings is 1. The minimum absolute atomic E-state index is 0.336. The van der Waals surface area contributed by atoms with Crippen LogP contribution in [0.25, 0.3) is 0 Å². The Labute approximate surface area is 116 Å². The van der Waals surface area contributed by atoms with Crippen LogP contribution in [0, 0.1) is 0 Å². The van der Waals surface area contributed by atoms with Gasteiger partial charge in [-0.25, -0.2) is 4.98 Å². The van der Waals surface area contributed by atoms with Gasteiger partial charge in [-0.1, -0.05) is 13.0 Å². The van der Waals surface area contributed by atoms with Gasteiger partial charge < -0.3 is 10.2 Å². The minimum atomic E-state index is 0.336. The molecule has 1 aromatic heterocycles. The maximum absolute atomic E-state index is 4.62. The number of hydrogen-bond acceptors (Lipinski definition) is 4. The molecular weight excluding hydrogens is 236 g/mol. The summed E-state index contributed by atoms with van der Waals surface area (Å²) in [6.07, 6.45) is 1.90. The molecule has 4 heteroatoms. The monoisotopic (exact) mass is 262 g/mol. The summed E-state index contributed by atoms with van der Waals surface area (Å²) in [6, 6.07) is 5.14. The molecule has 106 valence electrons. The van der Waals surface area contributed by atoms with Gasteiger partial charge in [0.2, 0.25) is 0 Å². The molecule has 1 fully saturated rings. The Balaban J connectivity index is 2.19. The van der Waals surface area contributed by atoms with E-state index in [2.05, 4.69) is 46.9 Å². The van der Waals surface area contributed by atoms with Gasteiger partial charge >= 0.3 is 0 Å². The summed E-state index contributed by atoms with van der Waals surface area (Å²) >= 11 is 0. The third-order valence-electron chi connectivity index (χ3n) is 4.19. The highest BCUT2D eigenvalue weighted by molar-refractivity contribution is 5.49. The molecule has 2 heterocycles. The Bertz CT molecular complexity index is 407. The van der Waals surface area contributed by atoms with E-state index in [0.29, 0.717) is 12.1 Å². The maximum atomic E-state index is 4.62. The molecule has 2 atom stereocenters. The maximum Gasteiger partial charge on any atom is 0.133 e. The van der Waals surface area contributed by atoms with Crippen LogP contribution in [0.4, 0.5) is 5.82 Å². The van der Waals surface area contributed by atoms with Crippen molar-refractivity contribution in [1.29, 1.82) is 0 Å². The average molecular weight is 262 g/mol. The molecule has 0 bridgehead atoms. The van der Waals surface area contributed by atoms with Crippen LogP contribution in [-0.4, -0.2) is 49.2 Å². The molecular formula is C15H26N4. The van der Waals surface area contributed by atoms with Crippen molar-refractivity contribution in [1.82, 2.24) is 15.2 Å². The molecule has 1 saturated heterocycles. The Kier molecular flexibility index (Phi) is 4.77. The molecule has 2 rings (SSSR count). The lowest BCUT2D eigenvalue weighted by Crippen LogP contribution is -2.52. The first kappa shape index (κ1) is 14.3. The van der Waals surface area contributed by atoms with Gasteiger partial charge in [-0.3, -0.25) is 4.90 Å². The van der Waals surface area contributed by atoms with E-state index in [-0.39, 0.29) is 0 Å². The van der Waals surface area contributed by atoms with E-state index in [1.54, 1.807) is 0 Å². The number of anilines is 1. The van der Waals surface area contributed by atoms with E-state index in [1.165, 1.54) is 5.56 Å². The van der Waals surface area contributed by atoms with Gasteiger partial charge in [0.1, 0.15) is 5.82 Å². The summed E-state index contributed by atoms with van der Waals surface area (Å²) in [5.41, 5.74) is 1.29. The highest BCUT2D eigenvalue weighted by Gasteiger charge is 2.25. The number of likely N-dealkylation sites (N-methyl/N-ethyl adjacent to an activating group) is 1. The molecule has 0 aromatic carbocycles. The number of pyridine rings is 1. The van der Waals surface area contributed by atoms with Crippen molar-refractivity contribution < 1.29 is 0 Å². The largest absolute Gasteiger partial charge is 0.354 e. The molecule has 1 N–H and O–H groups in total. The predicted octanol–water partition coefficient (Wildman–Crippen LogP) is 1.89. The summed E-state index contributed by atoms with van der Waals surface area (Å²) in [4.78, 5) is 9.58. The smallest absolute Gasteiger partial charge is 0.133 e. The lowest BCUT2D eigenvalue weighted by atomic mass is 10.1. The third-order valence-corrected chi connectivity index (χ3v) is 4.19. The van der Waals surface area contributed by atoms with Crippen LogP contribution in [0.2, 0.25) is 0 Å². The fourth-order valence-electron chi connectivity index (χ4n) is 2.82. The molecule has 0 radical (unpaired) electrons. The normalized spacial score (nSPS) is 22.5. The van der Waals surface area contributed by atoms with Crippen LogP contribution >= 0.6 is 0 Å². The summed E-state index contributed by atoms with van der Waals surface area (Å²) < 4.78 is 0. The first-order valence-electron chi connectivity index (χ1n) is 7.28. The lowest BCUT2D eigenvalue weighted by Gasteiger charge is -2.40. The Morgan fingerprint density at radius 3 is 2.89 bits per heavy atom. The average Bonchev–Trinajstić information content (AvgIpc) is 2.46. The van der Waals surface area contributed by atoms with Crippen molar-refractivity contribution in [2.24, 2.45) is 0 Å². The van der Waals surface area contributed by atoms with E-state index in [0.717, 1.165) is 32.0 Å². The summed E-state index contributed by atoms with van der Waals surface area (Å²) in [5, 5.41) is 3.31. The second kappa shape index (κ2) is 6.35. The van der Waals surface area contributed by atoms with Gasteiger partial charge in [0.25, 0.3) is 0 Å². The van der Waals surface area contributed by atoms with Crippen molar-refractivity contribution in [2.75, 3.05) is 38.1 Å². The summed E-state index contributed by atoms with van der Waals surface area (Å²) in [7, 11) is 2.00. The number of nitrogens with zero attached hydrogens (tertiary/aromatic N) is 3. The molecule has 2 unspecified atom stereocenters. The Morgan fingerprint density at radius 1 is 1.47 bits per heavy atom. The number of rotatable bonds is 4. The van der Waals surface area contributed by atoms with Crippen LogP contribution in [0.15, 0.2) is 18.3 Å². The standard InChI is InChI=1S/C15H26N4/c1-5-18-9-10-19(11-12(18)2)15-14(13(3)16-4)7-6-8-17-15/h6-8,12-13,16H,5,9-11H2,1-4H3. The van der Waals surface area contributed by atoms with Gasteiger partial charge in [0.05, 0.1) is 0 Å². The zero-order valence-electron chi connectivity index (χ0n) is 12.6. The minimum Gasteiger partial charge on any atom is -0.354 e. The molecule has 1 aliphatic rings. The van der Waals surface area contributed by atoms with Crippen LogP contribution in [0.5, 0.6) is 0 Å². The quantitative estimate of drug-likeness (QED) is 0.898.